The molecule has 2 rings (SSSR count). The van der Waals surface area contributed by atoms with Gasteiger partial charge in [-0.25, -0.2) is 0 Å². The summed E-state index contributed by atoms with van der Waals surface area (Å²) < 4.78 is 0. The monoisotopic (exact) mass is 308 g/mol. The maximum atomic E-state index is 13.0. The lowest BCUT2D eigenvalue weighted by molar-refractivity contribution is -0.143. The van der Waals surface area contributed by atoms with E-state index in [0.29, 0.717) is 6.54 Å². The minimum absolute atomic E-state index is 0.139. The average molecular weight is 309 g/mol. The molecule has 0 aromatic heterocycles. The van der Waals surface area contributed by atoms with E-state index in [2.05, 4.69) is 19.9 Å². The van der Waals surface area contributed by atoms with E-state index in [9.17, 15) is 4.79 Å². The zero-order chi connectivity index (χ0) is 15.5. The van der Waals surface area contributed by atoms with Gasteiger partial charge in [0.15, 0.2) is 0 Å². The van der Waals surface area contributed by atoms with Crippen molar-refractivity contribution in [2.75, 3.05) is 13.1 Å². The molecule has 1 aromatic rings. The van der Waals surface area contributed by atoms with Crippen LogP contribution in [-0.4, -0.2) is 23.9 Å². The van der Waals surface area contributed by atoms with Crippen LogP contribution in [0.15, 0.2) is 24.3 Å². The minimum atomic E-state index is -0.416. The van der Waals surface area contributed by atoms with Crippen LogP contribution in [0.4, 0.5) is 0 Å². The Hall–Kier alpha value is -1.06. The lowest BCUT2D eigenvalue weighted by Gasteiger charge is -2.36. The highest BCUT2D eigenvalue weighted by Gasteiger charge is 2.41. The van der Waals surface area contributed by atoms with Crippen LogP contribution in [-0.2, 0) is 4.79 Å². The molecule has 0 bridgehead atoms. The lowest BCUT2D eigenvalue weighted by Crippen LogP contribution is -2.47. The van der Waals surface area contributed by atoms with Crippen LogP contribution < -0.4 is 5.73 Å². The standard InChI is InChI=1S/C17H25ClN2O/c1-3-17(4-2,12-19)16(21)20-10-6-9-15(20)13-7-5-8-14(18)11-13/h5,7-8,11,15H,3-4,6,9-10,12,19H2,1-2H3. The number of rotatable bonds is 5. The topological polar surface area (TPSA) is 46.3 Å². The van der Waals surface area contributed by atoms with E-state index in [1.807, 2.05) is 23.1 Å². The van der Waals surface area contributed by atoms with Crippen LogP contribution >= 0.6 is 11.6 Å². The van der Waals surface area contributed by atoms with E-state index >= 15 is 0 Å². The van der Waals surface area contributed by atoms with Crippen molar-refractivity contribution in [1.82, 2.24) is 4.90 Å². The molecule has 1 amide bonds. The van der Waals surface area contributed by atoms with Gasteiger partial charge < -0.3 is 10.6 Å². The van der Waals surface area contributed by atoms with Gasteiger partial charge in [-0.2, -0.15) is 0 Å². The maximum Gasteiger partial charge on any atom is 0.230 e. The quantitative estimate of drug-likeness (QED) is 0.900. The number of amides is 1. The van der Waals surface area contributed by atoms with Crippen molar-refractivity contribution in [1.29, 1.82) is 0 Å². The number of likely N-dealkylation sites (tertiary alicyclic amines) is 1. The number of nitrogens with zero attached hydrogens (tertiary/aromatic N) is 1. The third kappa shape index (κ3) is 3.09. The van der Waals surface area contributed by atoms with E-state index in [0.717, 1.165) is 42.8 Å². The molecule has 116 valence electrons. The molecule has 1 aliphatic heterocycles. The molecule has 3 nitrogen and oxygen atoms in total. The lowest BCUT2D eigenvalue weighted by atomic mass is 9.80. The van der Waals surface area contributed by atoms with Gasteiger partial charge in [-0.1, -0.05) is 37.6 Å². The first kappa shape index (κ1) is 16.3. The summed E-state index contributed by atoms with van der Waals surface area (Å²) in [5, 5.41) is 0.725. The molecule has 1 aliphatic rings. The highest BCUT2D eigenvalue weighted by atomic mass is 35.5. The molecule has 1 unspecified atom stereocenters. The fourth-order valence-corrected chi connectivity index (χ4v) is 3.50. The molecule has 0 saturated carbocycles. The highest BCUT2D eigenvalue weighted by molar-refractivity contribution is 6.30. The predicted octanol–water partition coefficient (Wildman–Crippen LogP) is 3.77. The van der Waals surface area contributed by atoms with Gasteiger partial charge >= 0.3 is 0 Å². The van der Waals surface area contributed by atoms with Gasteiger partial charge in [0.2, 0.25) is 5.91 Å². The van der Waals surface area contributed by atoms with Crippen LogP contribution in [0.2, 0.25) is 5.02 Å². The SMILES string of the molecule is CCC(CC)(CN)C(=O)N1CCCC1c1cccc(Cl)c1. The number of carbonyl (C=O) groups is 1. The van der Waals surface area contributed by atoms with E-state index in [-0.39, 0.29) is 11.9 Å². The zero-order valence-corrected chi connectivity index (χ0v) is 13.7. The van der Waals surface area contributed by atoms with Crippen molar-refractivity contribution in [2.24, 2.45) is 11.1 Å². The van der Waals surface area contributed by atoms with Crippen molar-refractivity contribution in [3.05, 3.63) is 34.9 Å². The van der Waals surface area contributed by atoms with Gasteiger partial charge in [-0.15, -0.1) is 0 Å². The number of benzene rings is 1. The smallest absolute Gasteiger partial charge is 0.230 e. The molecular weight excluding hydrogens is 284 g/mol. The molecule has 4 heteroatoms. The second-order valence-electron chi connectivity index (χ2n) is 5.90. The number of hydrogen-bond donors (Lipinski definition) is 1. The van der Waals surface area contributed by atoms with Gasteiger partial charge in [-0.05, 0) is 43.4 Å². The molecule has 1 saturated heterocycles. The van der Waals surface area contributed by atoms with Crippen molar-refractivity contribution in [3.63, 3.8) is 0 Å². The number of carbonyl (C=O) groups excluding carboxylic acids is 1. The molecule has 0 radical (unpaired) electrons. The number of hydrogen-bond acceptors (Lipinski definition) is 2. The van der Waals surface area contributed by atoms with Crippen LogP contribution in [0.3, 0.4) is 0 Å². The van der Waals surface area contributed by atoms with Gasteiger partial charge in [0.1, 0.15) is 0 Å². The van der Waals surface area contributed by atoms with Crippen LogP contribution in [0.25, 0.3) is 0 Å². The third-order valence-corrected chi connectivity index (χ3v) is 5.18. The normalized spacial score (nSPS) is 19.0. The minimum Gasteiger partial charge on any atom is -0.335 e. The van der Waals surface area contributed by atoms with Gasteiger partial charge in [-0.3, -0.25) is 4.79 Å². The molecule has 1 fully saturated rings. The first-order valence-corrected chi connectivity index (χ1v) is 8.22. The molecule has 1 heterocycles. The second-order valence-corrected chi connectivity index (χ2v) is 6.34. The van der Waals surface area contributed by atoms with E-state index in [1.165, 1.54) is 0 Å². The Morgan fingerprint density at radius 2 is 2.14 bits per heavy atom. The van der Waals surface area contributed by atoms with Crippen molar-refractivity contribution >= 4 is 17.5 Å². The predicted molar refractivity (Wildman–Crippen MR) is 87.2 cm³/mol. The van der Waals surface area contributed by atoms with E-state index < -0.39 is 5.41 Å². The van der Waals surface area contributed by atoms with Crippen LogP contribution in [0.5, 0.6) is 0 Å². The molecule has 1 aromatic carbocycles. The van der Waals surface area contributed by atoms with Gasteiger partial charge in [0.25, 0.3) is 0 Å². The van der Waals surface area contributed by atoms with Crippen LogP contribution in [0, 0.1) is 5.41 Å². The summed E-state index contributed by atoms with van der Waals surface area (Å²) in [5.41, 5.74) is 6.65. The molecule has 21 heavy (non-hydrogen) atoms. The maximum absolute atomic E-state index is 13.0. The first-order valence-electron chi connectivity index (χ1n) is 7.84. The summed E-state index contributed by atoms with van der Waals surface area (Å²) in [6, 6.07) is 7.99. The third-order valence-electron chi connectivity index (χ3n) is 4.95. The summed E-state index contributed by atoms with van der Waals surface area (Å²) in [5.74, 6) is 0.206. The second kappa shape index (κ2) is 6.80. The summed E-state index contributed by atoms with van der Waals surface area (Å²) >= 11 is 6.10. The van der Waals surface area contributed by atoms with E-state index in [4.69, 9.17) is 17.3 Å². The zero-order valence-electron chi connectivity index (χ0n) is 12.9. The Bertz CT molecular complexity index is 491. The fraction of sp³-hybridized carbons (Fsp3) is 0.588. The largest absolute Gasteiger partial charge is 0.335 e. The Labute approximate surface area is 132 Å². The molecular formula is C17H25ClN2O. The average Bonchev–Trinajstić information content (AvgIpc) is 2.99. The molecule has 1 atom stereocenters. The first-order chi connectivity index (χ1) is 10.1. The summed E-state index contributed by atoms with van der Waals surface area (Å²) in [6.45, 7) is 5.34. The summed E-state index contributed by atoms with van der Waals surface area (Å²) in [7, 11) is 0. The van der Waals surface area contributed by atoms with Crippen molar-refractivity contribution in [3.8, 4) is 0 Å². The molecule has 0 aliphatic carbocycles. The Morgan fingerprint density at radius 3 is 2.71 bits per heavy atom. The fourth-order valence-electron chi connectivity index (χ4n) is 3.30. The molecule has 2 N–H and O–H groups in total. The van der Waals surface area contributed by atoms with E-state index in [1.54, 1.807) is 0 Å². The Balaban J connectivity index is 2.28. The highest BCUT2D eigenvalue weighted by Crippen LogP contribution is 2.38. The Morgan fingerprint density at radius 1 is 1.43 bits per heavy atom. The Kier molecular flexibility index (Phi) is 5.28. The van der Waals surface area contributed by atoms with Crippen molar-refractivity contribution < 1.29 is 4.79 Å². The van der Waals surface area contributed by atoms with Gasteiger partial charge in [0, 0.05) is 18.1 Å². The summed E-state index contributed by atoms with van der Waals surface area (Å²) in [4.78, 5) is 15.1. The summed E-state index contributed by atoms with van der Waals surface area (Å²) in [6.07, 6.45) is 3.62. The number of halogens is 1. The van der Waals surface area contributed by atoms with Gasteiger partial charge in [0.05, 0.1) is 11.5 Å². The number of nitrogens with two attached hydrogens (primary N) is 1. The van der Waals surface area contributed by atoms with Crippen molar-refractivity contribution in [2.45, 2.75) is 45.6 Å². The van der Waals surface area contributed by atoms with Crippen LogP contribution in [0.1, 0.15) is 51.1 Å². The molecule has 0 spiro atoms.